The lowest BCUT2D eigenvalue weighted by Crippen LogP contribution is -2.93. The number of hydrazine groups is 1. The average Bonchev–Trinajstić information content (AvgIpc) is 2.44. The van der Waals surface area contributed by atoms with Crippen LogP contribution in [-0.2, 0) is 17.8 Å². The van der Waals surface area contributed by atoms with Crippen LogP contribution >= 0.6 is 0 Å². The van der Waals surface area contributed by atoms with Crippen LogP contribution in [0.15, 0.2) is 12.1 Å². The van der Waals surface area contributed by atoms with E-state index in [9.17, 15) is 4.79 Å². The second-order valence-electron chi connectivity index (χ2n) is 4.23. The third kappa shape index (κ3) is 2.25. The summed E-state index contributed by atoms with van der Waals surface area (Å²) in [5, 5.41) is 1.97. The van der Waals surface area contributed by atoms with E-state index in [0.29, 0.717) is 17.9 Å². The molecule has 0 aromatic heterocycles. The van der Waals surface area contributed by atoms with Gasteiger partial charge in [-0.15, -0.1) is 0 Å². The number of ether oxygens (including phenoxy) is 2. The van der Waals surface area contributed by atoms with Gasteiger partial charge in [0.05, 0.1) is 14.2 Å². The van der Waals surface area contributed by atoms with E-state index in [0.717, 1.165) is 17.7 Å². The van der Waals surface area contributed by atoms with Gasteiger partial charge in [-0.3, -0.25) is 10.2 Å². The van der Waals surface area contributed by atoms with Gasteiger partial charge >= 0.3 is 0 Å². The number of hydrogen-bond donors (Lipinski definition) is 3. The molecule has 0 spiro atoms. The van der Waals surface area contributed by atoms with Crippen LogP contribution in [-0.4, -0.2) is 26.2 Å². The standard InChI is InChI=1S/C12H17N3O3/c1-17-10-4-7-3-9(12(16)15-13)14-6-8(7)5-11(10)18-2/h4-5,9,14H,3,6,13H2,1-2H3,(H,15,16)/p+1/t9-/m1/s1. The highest BCUT2D eigenvalue weighted by Crippen LogP contribution is 2.31. The van der Waals surface area contributed by atoms with E-state index in [1.807, 2.05) is 17.4 Å². The summed E-state index contributed by atoms with van der Waals surface area (Å²) in [6.45, 7) is 0.730. The van der Waals surface area contributed by atoms with Crippen LogP contribution in [0.1, 0.15) is 11.1 Å². The molecule has 5 N–H and O–H groups in total. The molecule has 0 radical (unpaired) electrons. The third-order valence-corrected chi connectivity index (χ3v) is 3.25. The molecule has 1 aromatic rings. The van der Waals surface area contributed by atoms with E-state index >= 15 is 0 Å². The topological polar surface area (TPSA) is 90.2 Å². The number of carbonyl (C=O) groups excluding carboxylic acids is 1. The molecule has 6 heteroatoms. The molecule has 6 nitrogen and oxygen atoms in total. The van der Waals surface area contributed by atoms with Gasteiger partial charge < -0.3 is 14.8 Å². The Balaban J connectivity index is 2.29. The van der Waals surface area contributed by atoms with Gasteiger partial charge in [0.2, 0.25) is 0 Å². The summed E-state index contributed by atoms with van der Waals surface area (Å²) in [4.78, 5) is 11.5. The largest absolute Gasteiger partial charge is 0.493 e. The van der Waals surface area contributed by atoms with Gasteiger partial charge in [0, 0.05) is 12.0 Å². The maximum atomic E-state index is 11.5. The number of nitrogens with one attached hydrogen (secondary N) is 1. The summed E-state index contributed by atoms with van der Waals surface area (Å²) in [5.41, 5.74) is 4.45. The first kappa shape index (κ1) is 12.7. The normalized spacial score (nSPS) is 17.8. The zero-order valence-corrected chi connectivity index (χ0v) is 10.5. The van der Waals surface area contributed by atoms with Crippen molar-refractivity contribution in [2.45, 2.75) is 19.0 Å². The Kier molecular flexibility index (Phi) is 3.69. The highest BCUT2D eigenvalue weighted by molar-refractivity contribution is 5.80. The van der Waals surface area contributed by atoms with Crippen molar-refractivity contribution in [2.24, 2.45) is 5.84 Å². The molecule has 0 bridgehead atoms. The van der Waals surface area contributed by atoms with Crippen LogP contribution in [0.2, 0.25) is 0 Å². The summed E-state index contributed by atoms with van der Waals surface area (Å²) in [6, 6.07) is 3.71. The second-order valence-corrected chi connectivity index (χ2v) is 4.23. The van der Waals surface area contributed by atoms with Crippen molar-refractivity contribution in [1.29, 1.82) is 0 Å². The minimum atomic E-state index is -0.180. The minimum absolute atomic E-state index is 0.157. The Labute approximate surface area is 105 Å². The lowest BCUT2D eigenvalue weighted by Gasteiger charge is -2.23. The van der Waals surface area contributed by atoms with Crippen molar-refractivity contribution in [3.8, 4) is 11.5 Å². The lowest BCUT2D eigenvalue weighted by atomic mass is 9.95. The molecule has 0 aliphatic carbocycles. The SMILES string of the molecule is COc1cc2c(cc1OC)C[C@H](C(=O)NN)[NH2+]C2. The van der Waals surface area contributed by atoms with Crippen molar-refractivity contribution in [1.82, 2.24) is 5.43 Å². The molecule has 1 aromatic carbocycles. The fourth-order valence-electron chi connectivity index (χ4n) is 2.24. The van der Waals surface area contributed by atoms with Gasteiger partial charge in [-0.05, 0) is 17.7 Å². The van der Waals surface area contributed by atoms with E-state index in [1.54, 1.807) is 14.2 Å². The van der Waals surface area contributed by atoms with Crippen molar-refractivity contribution in [2.75, 3.05) is 14.2 Å². The van der Waals surface area contributed by atoms with Crippen LogP contribution in [0.3, 0.4) is 0 Å². The molecule has 1 heterocycles. The molecule has 1 aliphatic heterocycles. The predicted molar refractivity (Wildman–Crippen MR) is 65.0 cm³/mol. The number of fused-ring (bicyclic) bond motifs is 1. The highest BCUT2D eigenvalue weighted by atomic mass is 16.5. The first-order valence-electron chi connectivity index (χ1n) is 5.77. The Hall–Kier alpha value is -1.79. The molecule has 2 rings (SSSR count). The highest BCUT2D eigenvalue weighted by Gasteiger charge is 2.28. The first-order valence-corrected chi connectivity index (χ1v) is 5.77. The fraction of sp³-hybridized carbons (Fsp3) is 0.417. The minimum Gasteiger partial charge on any atom is -0.493 e. The molecular formula is C12H18N3O3+. The molecule has 0 saturated carbocycles. The maximum Gasteiger partial charge on any atom is 0.292 e. The van der Waals surface area contributed by atoms with Gasteiger partial charge in [-0.1, -0.05) is 0 Å². The smallest absolute Gasteiger partial charge is 0.292 e. The quantitative estimate of drug-likeness (QED) is 0.354. The van der Waals surface area contributed by atoms with Crippen molar-refractivity contribution < 1.29 is 19.6 Å². The number of amides is 1. The number of rotatable bonds is 3. The maximum absolute atomic E-state index is 11.5. The van der Waals surface area contributed by atoms with Gasteiger partial charge in [0.1, 0.15) is 6.54 Å². The van der Waals surface area contributed by atoms with Gasteiger partial charge in [-0.25, -0.2) is 5.84 Å². The molecule has 1 atom stereocenters. The number of hydrogen-bond acceptors (Lipinski definition) is 4. The molecule has 1 amide bonds. The summed E-state index contributed by atoms with van der Waals surface area (Å²) >= 11 is 0. The number of benzene rings is 1. The number of nitrogens with two attached hydrogens (primary N) is 2. The van der Waals surface area contributed by atoms with Crippen LogP contribution < -0.4 is 26.1 Å². The van der Waals surface area contributed by atoms with Gasteiger partial charge in [0.25, 0.3) is 5.91 Å². The molecule has 0 fully saturated rings. The Morgan fingerprint density at radius 1 is 1.33 bits per heavy atom. The zero-order chi connectivity index (χ0) is 13.1. The zero-order valence-electron chi connectivity index (χ0n) is 10.5. The van der Waals surface area contributed by atoms with E-state index in [2.05, 4.69) is 5.43 Å². The van der Waals surface area contributed by atoms with Crippen LogP contribution in [0.25, 0.3) is 0 Å². The monoisotopic (exact) mass is 252 g/mol. The third-order valence-electron chi connectivity index (χ3n) is 3.25. The predicted octanol–water partition coefficient (Wildman–Crippen LogP) is -1.32. The van der Waals surface area contributed by atoms with Crippen LogP contribution in [0.4, 0.5) is 0 Å². The Bertz CT molecular complexity index is 462. The average molecular weight is 252 g/mol. The molecular weight excluding hydrogens is 234 g/mol. The first-order chi connectivity index (χ1) is 8.69. The summed E-state index contributed by atoms with van der Waals surface area (Å²) in [6.07, 6.45) is 0.638. The molecule has 0 saturated heterocycles. The molecule has 1 aliphatic rings. The van der Waals surface area contributed by atoms with Crippen LogP contribution in [0.5, 0.6) is 11.5 Å². The molecule has 98 valence electrons. The summed E-state index contributed by atoms with van der Waals surface area (Å²) in [7, 11) is 3.21. The summed E-state index contributed by atoms with van der Waals surface area (Å²) < 4.78 is 10.5. The number of quaternary nitrogens is 1. The number of carbonyl (C=O) groups is 1. The van der Waals surface area contributed by atoms with Gasteiger partial charge in [0.15, 0.2) is 17.5 Å². The van der Waals surface area contributed by atoms with E-state index in [-0.39, 0.29) is 11.9 Å². The van der Waals surface area contributed by atoms with Crippen molar-refractivity contribution in [3.05, 3.63) is 23.3 Å². The molecule has 18 heavy (non-hydrogen) atoms. The van der Waals surface area contributed by atoms with Crippen LogP contribution in [0, 0.1) is 0 Å². The summed E-state index contributed by atoms with van der Waals surface area (Å²) in [5.74, 6) is 6.40. The fourth-order valence-corrected chi connectivity index (χ4v) is 2.24. The van der Waals surface area contributed by atoms with Crippen molar-refractivity contribution in [3.63, 3.8) is 0 Å². The van der Waals surface area contributed by atoms with Crippen molar-refractivity contribution >= 4 is 5.91 Å². The Morgan fingerprint density at radius 2 is 1.94 bits per heavy atom. The second kappa shape index (κ2) is 5.24. The molecule has 0 unspecified atom stereocenters. The van der Waals surface area contributed by atoms with Gasteiger partial charge in [-0.2, -0.15) is 0 Å². The van der Waals surface area contributed by atoms with E-state index < -0.39 is 0 Å². The van der Waals surface area contributed by atoms with E-state index in [1.165, 1.54) is 0 Å². The van der Waals surface area contributed by atoms with E-state index in [4.69, 9.17) is 15.3 Å². The number of methoxy groups -OCH3 is 2. The Morgan fingerprint density at radius 3 is 2.50 bits per heavy atom. The lowest BCUT2D eigenvalue weighted by molar-refractivity contribution is -0.695.